The van der Waals surface area contributed by atoms with Crippen LogP contribution in [-0.4, -0.2) is 31.8 Å². The summed E-state index contributed by atoms with van der Waals surface area (Å²) in [5.41, 5.74) is -6.05. The molecule has 0 saturated carbocycles. The molecule has 1 atom stereocenters. The number of aromatic carboxylic acids is 1. The first-order valence-electron chi connectivity index (χ1n) is 10.6. The van der Waals surface area contributed by atoms with Gasteiger partial charge in [-0.2, -0.15) is 30.7 Å². The number of hydrogen-bond acceptors (Lipinski definition) is 5. The minimum Gasteiger partial charge on any atom is -0.476 e. The predicted octanol–water partition coefficient (Wildman–Crippen LogP) is 5.57. The fraction of sp³-hybridized carbons (Fsp3) is 0.167. The number of pyridine rings is 1. The Morgan fingerprint density at radius 2 is 1.66 bits per heavy atom. The van der Waals surface area contributed by atoms with E-state index in [0.29, 0.717) is 23.8 Å². The average molecular weight is 540 g/mol. The van der Waals surface area contributed by atoms with Gasteiger partial charge in [0.15, 0.2) is 11.7 Å². The number of nitrogens with zero attached hydrogens (tertiary/aromatic N) is 3. The number of aromatic nitrogens is 3. The van der Waals surface area contributed by atoms with E-state index >= 15 is 0 Å². The number of rotatable bonds is 5. The van der Waals surface area contributed by atoms with Crippen LogP contribution in [0.3, 0.4) is 0 Å². The van der Waals surface area contributed by atoms with Gasteiger partial charge in [0.25, 0.3) is 5.56 Å². The van der Waals surface area contributed by atoms with E-state index in [2.05, 4.69) is 9.97 Å². The van der Waals surface area contributed by atoms with Crippen molar-refractivity contribution in [2.75, 3.05) is 5.32 Å². The fourth-order valence-electron chi connectivity index (χ4n) is 3.84. The van der Waals surface area contributed by atoms with Crippen molar-refractivity contribution >= 4 is 22.6 Å². The SMILES string of the molecule is Cn1c(-c2ccccc2)nc2c([C@H](Nc3ccc(F)nc3C(=O)O)C(F)(F)F)cc(C(F)(F)F)cc2c1=O. The summed E-state index contributed by atoms with van der Waals surface area (Å²) in [6.45, 7) is 0. The molecule has 2 N–H and O–H groups in total. The van der Waals surface area contributed by atoms with Crippen LogP contribution < -0.4 is 10.9 Å². The molecule has 0 bridgehead atoms. The van der Waals surface area contributed by atoms with Crippen molar-refractivity contribution in [3.05, 3.63) is 87.7 Å². The largest absolute Gasteiger partial charge is 0.476 e. The Hall–Kier alpha value is -4.49. The van der Waals surface area contributed by atoms with Gasteiger partial charge in [0.05, 0.1) is 22.2 Å². The molecule has 4 aromatic rings. The smallest absolute Gasteiger partial charge is 0.416 e. The lowest BCUT2D eigenvalue weighted by atomic mass is 9.98. The number of carboxylic acids is 1. The third-order valence-electron chi connectivity index (χ3n) is 5.57. The second kappa shape index (κ2) is 9.43. The van der Waals surface area contributed by atoms with Gasteiger partial charge in [-0.15, -0.1) is 0 Å². The maximum Gasteiger partial charge on any atom is 0.416 e. The lowest BCUT2D eigenvalue weighted by Crippen LogP contribution is -2.31. The van der Waals surface area contributed by atoms with Gasteiger partial charge in [0.2, 0.25) is 5.95 Å². The molecule has 2 heterocycles. The van der Waals surface area contributed by atoms with Gasteiger partial charge in [-0.05, 0) is 24.3 Å². The van der Waals surface area contributed by atoms with Gasteiger partial charge in [-0.25, -0.2) is 14.8 Å². The normalized spacial score (nSPS) is 12.9. The van der Waals surface area contributed by atoms with Gasteiger partial charge in [-0.1, -0.05) is 30.3 Å². The highest BCUT2D eigenvalue weighted by atomic mass is 19.4. The number of nitrogens with one attached hydrogen (secondary N) is 1. The molecule has 7 nitrogen and oxygen atoms in total. The second-order valence-electron chi connectivity index (χ2n) is 8.08. The summed E-state index contributed by atoms with van der Waals surface area (Å²) >= 11 is 0. The number of benzene rings is 2. The molecule has 0 radical (unpaired) electrons. The quantitative estimate of drug-likeness (QED) is 0.254. The molecule has 2 aromatic carbocycles. The summed E-state index contributed by atoms with van der Waals surface area (Å²) in [7, 11) is 1.21. The molecule has 0 spiro atoms. The van der Waals surface area contributed by atoms with Crippen LogP contribution in [0, 0.1) is 5.95 Å². The van der Waals surface area contributed by atoms with Gasteiger partial charge in [-0.3, -0.25) is 9.36 Å². The molecule has 2 aromatic heterocycles. The van der Waals surface area contributed by atoms with Crippen LogP contribution in [0.4, 0.5) is 36.4 Å². The summed E-state index contributed by atoms with van der Waals surface area (Å²) in [4.78, 5) is 31.8. The number of anilines is 1. The molecule has 4 rings (SSSR count). The van der Waals surface area contributed by atoms with Crippen LogP contribution in [0.5, 0.6) is 0 Å². The molecule has 38 heavy (non-hydrogen) atoms. The van der Waals surface area contributed by atoms with E-state index in [1.807, 2.05) is 5.32 Å². The minimum atomic E-state index is -5.34. The van der Waals surface area contributed by atoms with E-state index in [0.717, 1.165) is 4.57 Å². The first kappa shape index (κ1) is 26.6. The zero-order valence-corrected chi connectivity index (χ0v) is 19.0. The van der Waals surface area contributed by atoms with Crippen LogP contribution in [0.1, 0.15) is 27.7 Å². The summed E-state index contributed by atoms with van der Waals surface area (Å²) in [6, 6.07) is 6.58. The van der Waals surface area contributed by atoms with Crippen molar-refractivity contribution in [3.63, 3.8) is 0 Å². The Labute approximate surface area is 208 Å². The van der Waals surface area contributed by atoms with Crippen LogP contribution >= 0.6 is 0 Å². The van der Waals surface area contributed by atoms with Gasteiger partial charge in [0, 0.05) is 18.2 Å². The van der Waals surface area contributed by atoms with E-state index in [1.165, 1.54) is 19.2 Å². The average Bonchev–Trinajstić information content (AvgIpc) is 2.84. The van der Waals surface area contributed by atoms with Crippen LogP contribution in [0.25, 0.3) is 22.3 Å². The highest BCUT2D eigenvalue weighted by Gasteiger charge is 2.44. The molecule has 0 aliphatic heterocycles. The summed E-state index contributed by atoms with van der Waals surface area (Å²) in [6.07, 6.45) is -10.5. The van der Waals surface area contributed by atoms with E-state index in [9.17, 15) is 45.4 Å². The van der Waals surface area contributed by atoms with Crippen molar-refractivity contribution in [3.8, 4) is 11.4 Å². The Morgan fingerprint density at radius 1 is 1.00 bits per heavy atom. The molecule has 0 fully saturated rings. The third kappa shape index (κ3) is 5.01. The van der Waals surface area contributed by atoms with E-state index < -0.39 is 69.3 Å². The van der Waals surface area contributed by atoms with E-state index in [4.69, 9.17) is 0 Å². The Morgan fingerprint density at radius 3 is 2.24 bits per heavy atom. The van der Waals surface area contributed by atoms with Crippen LogP contribution in [-0.2, 0) is 13.2 Å². The zero-order valence-electron chi connectivity index (χ0n) is 19.0. The zero-order chi connectivity index (χ0) is 28.0. The summed E-state index contributed by atoms with van der Waals surface area (Å²) in [5.74, 6) is -3.32. The van der Waals surface area contributed by atoms with Gasteiger partial charge < -0.3 is 10.4 Å². The van der Waals surface area contributed by atoms with Gasteiger partial charge in [0.1, 0.15) is 5.82 Å². The highest BCUT2D eigenvalue weighted by Crippen LogP contribution is 2.41. The number of fused-ring (bicyclic) bond motifs is 1. The topological polar surface area (TPSA) is 97.1 Å². The maximum atomic E-state index is 14.4. The lowest BCUT2D eigenvalue weighted by Gasteiger charge is -2.26. The lowest BCUT2D eigenvalue weighted by molar-refractivity contribution is -0.145. The summed E-state index contributed by atoms with van der Waals surface area (Å²) < 4.78 is 98.6. The Bertz CT molecular complexity index is 1600. The number of carbonyl (C=O) groups is 1. The number of hydrogen-bond donors (Lipinski definition) is 2. The predicted molar refractivity (Wildman–Crippen MR) is 121 cm³/mol. The van der Waals surface area contributed by atoms with Crippen molar-refractivity contribution in [1.82, 2.24) is 14.5 Å². The minimum absolute atomic E-state index is 0.125. The van der Waals surface area contributed by atoms with Crippen LogP contribution in [0.2, 0.25) is 0 Å². The molecular formula is C24H15F7N4O3. The maximum absolute atomic E-state index is 14.4. The molecule has 14 heteroatoms. The molecule has 0 saturated heterocycles. The number of alkyl halides is 6. The first-order valence-corrected chi connectivity index (χ1v) is 10.6. The second-order valence-corrected chi connectivity index (χ2v) is 8.08. The molecular weight excluding hydrogens is 525 g/mol. The number of carboxylic acid groups (broad SMARTS) is 1. The molecule has 0 aliphatic rings. The Kier molecular flexibility index (Phi) is 6.59. The molecule has 0 amide bonds. The van der Waals surface area contributed by atoms with Crippen molar-refractivity contribution in [2.24, 2.45) is 7.05 Å². The molecule has 0 unspecified atom stereocenters. The molecule has 198 valence electrons. The van der Waals surface area contributed by atoms with Crippen LogP contribution in [0.15, 0.2) is 59.4 Å². The number of halogens is 7. The van der Waals surface area contributed by atoms with E-state index in [1.54, 1.807) is 18.2 Å². The highest BCUT2D eigenvalue weighted by molar-refractivity contribution is 5.92. The van der Waals surface area contributed by atoms with Crippen molar-refractivity contribution < 1.29 is 40.6 Å². The van der Waals surface area contributed by atoms with Crippen molar-refractivity contribution in [2.45, 2.75) is 18.4 Å². The summed E-state index contributed by atoms with van der Waals surface area (Å²) in [5, 5.41) is 10.4. The standard InChI is InChI=1S/C24H15F7N4O3/c1-35-20(11-5-3-2-4-6-11)34-17-13(9-12(23(26,27)28)10-14(17)21(35)36)19(24(29,30)31)32-15-7-8-16(25)33-18(15)22(37)38/h2-10,19,32H,1H3,(H,37,38)/t19-/m0/s1. The van der Waals surface area contributed by atoms with Crippen molar-refractivity contribution in [1.29, 1.82) is 0 Å². The van der Waals surface area contributed by atoms with E-state index in [-0.39, 0.29) is 11.9 Å². The monoisotopic (exact) mass is 540 g/mol. The third-order valence-corrected chi connectivity index (χ3v) is 5.57. The van der Waals surface area contributed by atoms with Gasteiger partial charge >= 0.3 is 18.3 Å². The molecule has 0 aliphatic carbocycles. The first-order chi connectivity index (χ1) is 17.7. The fourth-order valence-corrected chi connectivity index (χ4v) is 3.84. The Balaban J connectivity index is 2.07.